The second kappa shape index (κ2) is 3.98. The van der Waals surface area contributed by atoms with Gasteiger partial charge in [-0.2, -0.15) is 0 Å². The number of nitrogens with one attached hydrogen (secondary N) is 1. The SMILES string of the molecule is CNc1nc(-c2ccc(F)cc2)c(C)s1. The number of nitrogens with zero attached hydrogens (tertiary/aromatic N) is 1. The molecule has 0 aliphatic carbocycles. The molecule has 0 amide bonds. The van der Waals surface area contributed by atoms with Crippen molar-refractivity contribution < 1.29 is 4.39 Å². The van der Waals surface area contributed by atoms with E-state index in [1.807, 2.05) is 14.0 Å². The maximum absolute atomic E-state index is 12.7. The molecule has 15 heavy (non-hydrogen) atoms. The molecule has 1 aromatic carbocycles. The summed E-state index contributed by atoms with van der Waals surface area (Å²) < 4.78 is 12.7. The minimum atomic E-state index is -0.222. The lowest BCUT2D eigenvalue weighted by Crippen LogP contribution is -1.86. The molecule has 0 aliphatic heterocycles. The van der Waals surface area contributed by atoms with Crippen molar-refractivity contribution in [1.29, 1.82) is 0 Å². The van der Waals surface area contributed by atoms with Gasteiger partial charge in [-0.15, -0.1) is 11.3 Å². The van der Waals surface area contributed by atoms with E-state index < -0.39 is 0 Å². The summed E-state index contributed by atoms with van der Waals surface area (Å²) in [5.74, 6) is -0.222. The summed E-state index contributed by atoms with van der Waals surface area (Å²) in [6.07, 6.45) is 0. The monoisotopic (exact) mass is 222 g/mol. The molecule has 1 N–H and O–H groups in total. The highest BCUT2D eigenvalue weighted by molar-refractivity contribution is 7.15. The Hall–Kier alpha value is -1.42. The van der Waals surface area contributed by atoms with Gasteiger partial charge in [-0.25, -0.2) is 9.37 Å². The number of anilines is 1. The highest BCUT2D eigenvalue weighted by atomic mass is 32.1. The molecule has 1 heterocycles. The molecule has 2 rings (SSSR count). The van der Waals surface area contributed by atoms with E-state index in [0.717, 1.165) is 21.3 Å². The highest BCUT2D eigenvalue weighted by Crippen LogP contribution is 2.29. The minimum Gasteiger partial charge on any atom is -0.365 e. The average molecular weight is 222 g/mol. The molecule has 0 fully saturated rings. The average Bonchev–Trinajstić information content (AvgIpc) is 2.61. The summed E-state index contributed by atoms with van der Waals surface area (Å²) in [7, 11) is 1.84. The second-order valence-electron chi connectivity index (χ2n) is 3.18. The summed E-state index contributed by atoms with van der Waals surface area (Å²) in [4.78, 5) is 5.54. The first-order chi connectivity index (χ1) is 7.20. The lowest BCUT2D eigenvalue weighted by atomic mass is 10.1. The number of benzene rings is 1. The first-order valence-corrected chi connectivity index (χ1v) is 5.43. The van der Waals surface area contributed by atoms with Crippen molar-refractivity contribution in [1.82, 2.24) is 4.98 Å². The van der Waals surface area contributed by atoms with Crippen LogP contribution in [0.5, 0.6) is 0 Å². The molecule has 2 aromatic rings. The minimum absolute atomic E-state index is 0.222. The van der Waals surface area contributed by atoms with Crippen molar-refractivity contribution in [2.24, 2.45) is 0 Å². The molecular weight excluding hydrogens is 211 g/mol. The van der Waals surface area contributed by atoms with Gasteiger partial charge in [0, 0.05) is 17.5 Å². The molecule has 1 aromatic heterocycles. The van der Waals surface area contributed by atoms with Crippen LogP contribution in [0.3, 0.4) is 0 Å². The fourth-order valence-corrected chi connectivity index (χ4v) is 2.17. The normalized spacial score (nSPS) is 10.3. The maximum atomic E-state index is 12.7. The predicted molar refractivity (Wildman–Crippen MR) is 61.8 cm³/mol. The van der Waals surface area contributed by atoms with Gasteiger partial charge in [0.05, 0.1) is 5.69 Å². The number of hydrogen-bond donors (Lipinski definition) is 1. The van der Waals surface area contributed by atoms with Crippen molar-refractivity contribution >= 4 is 16.5 Å². The van der Waals surface area contributed by atoms with Crippen LogP contribution in [0.2, 0.25) is 0 Å². The van der Waals surface area contributed by atoms with Gasteiger partial charge < -0.3 is 5.32 Å². The van der Waals surface area contributed by atoms with Gasteiger partial charge in [0.25, 0.3) is 0 Å². The van der Waals surface area contributed by atoms with Crippen LogP contribution >= 0.6 is 11.3 Å². The quantitative estimate of drug-likeness (QED) is 0.843. The Bertz CT molecular complexity index is 462. The van der Waals surface area contributed by atoms with E-state index in [0.29, 0.717) is 0 Å². The van der Waals surface area contributed by atoms with E-state index in [-0.39, 0.29) is 5.82 Å². The lowest BCUT2D eigenvalue weighted by molar-refractivity contribution is 0.628. The summed E-state index contributed by atoms with van der Waals surface area (Å²) in [6, 6.07) is 6.40. The lowest BCUT2D eigenvalue weighted by Gasteiger charge is -1.97. The van der Waals surface area contributed by atoms with Gasteiger partial charge >= 0.3 is 0 Å². The Morgan fingerprint density at radius 2 is 1.93 bits per heavy atom. The standard InChI is InChI=1S/C11H11FN2S/c1-7-10(14-11(13-2)15-7)8-3-5-9(12)6-4-8/h3-6H,1-2H3,(H,13,14). The molecule has 4 heteroatoms. The molecule has 0 spiro atoms. The third kappa shape index (κ3) is 1.99. The zero-order chi connectivity index (χ0) is 10.8. The fourth-order valence-electron chi connectivity index (χ4n) is 1.38. The first kappa shape index (κ1) is 10.1. The van der Waals surface area contributed by atoms with E-state index in [1.54, 1.807) is 23.5 Å². The Kier molecular flexibility index (Phi) is 2.68. The van der Waals surface area contributed by atoms with E-state index in [1.165, 1.54) is 12.1 Å². The molecular formula is C11H11FN2S. The van der Waals surface area contributed by atoms with Crippen molar-refractivity contribution in [3.8, 4) is 11.3 Å². The van der Waals surface area contributed by atoms with Crippen LogP contribution in [0.4, 0.5) is 9.52 Å². The summed E-state index contributed by atoms with van der Waals surface area (Å²) >= 11 is 1.60. The van der Waals surface area contributed by atoms with Crippen molar-refractivity contribution in [3.05, 3.63) is 35.0 Å². The predicted octanol–water partition coefficient (Wildman–Crippen LogP) is 3.30. The number of halogens is 1. The van der Waals surface area contributed by atoms with Crippen LogP contribution in [0.1, 0.15) is 4.88 Å². The van der Waals surface area contributed by atoms with Gasteiger partial charge in [-0.3, -0.25) is 0 Å². The number of aromatic nitrogens is 1. The summed E-state index contributed by atoms with van der Waals surface area (Å²) in [5, 5.41) is 3.88. The third-order valence-electron chi connectivity index (χ3n) is 2.13. The van der Waals surface area contributed by atoms with Crippen LogP contribution < -0.4 is 5.32 Å². The maximum Gasteiger partial charge on any atom is 0.183 e. The highest BCUT2D eigenvalue weighted by Gasteiger charge is 2.08. The van der Waals surface area contributed by atoms with Crippen LogP contribution in [0, 0.1) is 12.7 Å². The fraction of sp³-hybridized carbons (Fsp3) is 0.182. The van der Waals surface area contributed by atoms with Gasteiger partial charge in [0.15, 0.2) is 5.13 Å². The smallest absolute Gasteiger partial charge is 0.183 e. The van der Waals surface area contributed by atoms with Crippen LogP contribution in [0.25, 0.3) is 11.3 Å². The molecule has 0 atom stereocenters. The van der Waals surface area contributed by atoms with Crippen LogP contribution in [-0.4, -0.2) is 12.0 Å². The van der Waals surface area contributed by atoms with E-state index in [2.05, 4.69) is 10.3 Å². The number of thiazole rings is 1. The number of hydrogen-bond acceptors (Lipinski definition) is 3. The Labute approximate surface area is 91.8 Å². The summed E-state index contributed by atoms with van der Waals surface area (Å²) in [6.45, 7) is 2.01. The number of rotatable bonds is 2. The molecule has 0 unspecified atom stereocenters. The molecule has 2 nitrogen and oxygen atoms in total. The molecule has 0 saturated carbocycles. The largest absolute Gasteiger partial charge is 0.365 e. The van der Waals surface area contributed by atoms with Crippen molar-refractivity contribution in [3.63, 3.8) is 0 Å². The summed E-state index contributed by atoms with van der Waals surface area (Å²) in [5.41, 5.74) is 1.87. The van der Waals surface area contributed by atoms with Crippen molar-refractivity contribution in [2.75, 3.05) is 12.4 Å². The van der Waals surface area contributed by atoms with E-state index in [9.17, 15) is 4.39 Å². The van der Waals surface area contributed by atoms with Gasteiger partial charge in [-0.05, 0) is 31.2 Å². The Morgan fingerprint density at radius 3 is 2.47 bits per heavy atom. The molecule has 0 aliphatic rings. The topological polar surface area (TPSA) is 24.9 Å². The Morgan fingerprint density at radius 1 is 1.27 bits per heavy atom. The Balaban J connectivity index is 2.44. The molecule has 0 saturated heterocycles. The van der Waals surface area contributed by atoms with Gasteiger partial charge in [0.1, 0.15) is 5.82 Å². The second-order valence-corrected chi connectivity index (χ2v) is 4.38. The first-order valence-electron chi connectivity index (χ1n) is 4.62. The van der Waals surface area contributed by atoms with E-state index in [4.69, 9.17) is 0 Å². The molecule has 0 radical (unpaired) electrons. The zero-order valence-corrected chi connectivity index (χ0v) is 9.36. The van der Waals surface area contributed by atoms with Crippen LogP contribution in [0.15, 0.2) is 24.3 Å². The van der Waals surface area contributed by atoms with Gasteiger partial charge in [-0.1, -0.05) is 0 Å². The zero-order valence-electron chi connectivity index (χ0n) is 8.54. The molecule has 78 valence electrons. The van der Waals surface area contributed by atoms with Crippen molar-refractivity contribution in [2.45, 2.75) is 6.92 Å². The van der Waals surface area contributed by atoms with Crippen LogP contribution in [-0.2, 0) is 0 Å². The van der Waals surface area contributed by atoms with E-state index >= 15 is 0 Å². The molecule has 0 bridgehead atoms. The third-order valence-corrected chi connectivity index (χ3v) is 3.12. The van der Waals surface area contributed by atoms with Gasteiger partial charge in [0.2, 0.25) is 0 Å². The number of aryl methyl sites for hydroxylation is 1.